The molecule has 0 atom stereocenters. The second-order valence-electron chi connectivity index (χ2n) is 9.05. The van der Waals surface area contributed by atoms with Crippen molar-refractivity contribution in [2.75, 3.05) is 13.1 Å². The number of carbonyl (C=O) groups excluding carboxylic acids is 1. The van der Waals surface area contributed by atoms with Crippen molar-refractivity contribution in [2.24, 2.45) is 0 Å². The smallest absolute Gasteiger partial charge is 0.339 e. The fourth-order valence-electron chi connectivity index (χ4n) is 4.89. The van der Waals surface area contributed by atoms with Crippen LogP contribution < -0.4 is 0 Å². The lowest BCUT2D eigenvalue weighted by Gasteiger charge is -2.31. The number of likely N-dealkylation sites (tertiary alicyclic amines) is 1. The van der Waals surface area contributed by atoms with Crippen LogP contribution in [-0.2, 0) is 6.18 Å². The van der Waals surface area contributed by atoms with E-state index < -0.39 is 11.9 Å². The highest BCUT2D eigenvalue weighted by atomic mass is 35.5. The van der Waals surface area contributed by atoms with Gasteiger partial charge in [0.25, 0.3) is 5.91 Å². The zero-order valence-corrected chi connectivity index (χ0v) is 19.6. The van der Waals surface area contributed by atoms with Gasteiger partial charge in [0.15, 0.2) is 5.82 Å². The van der Waals surface area contributed by atoms with Crippen molar-refractivity contribution < 1.29 is 22.5 Å². The van der Waals surface area contributed by atoms with Gasteiger partial charge in [-0.15, -0.1) is 0 Å². The number of halogens is 4. The highest BCUT2D eigenvalue weighted by Crippen LogP contribution is 2.48. The standard InChI is InChI=1S/C24H24ClF3N4O2/c1-13-19(15-3-5-17(25)6-4-15)20(32(18-7-8-18)21(13)24(26,27)28)23(33)31-11-9-16(10-12-31)22-29-14(2)30-34-22/h3-6,16,18H,7-12H2,1-2H3. The average Bonchev–Trinajstić information content (AvgIpc) is 3.47. The van der Waals surface area contributed by atoms with Crippen molar-refractivity contribution >= 4 is 17.5 Å². The van der Waals surface area contributed by atoms with Gasteiger partial charge in [-0.3, -0.25) is 4.79 Å². The van der Waals surface area contributed by atoms with E-state index in [0.717, 1.165) is 0 Å². The minimum atomic E-state index is -4.57. The molecular weight excluding hydrogens is 469 g/mol. The molecule has 0 unspecified atom stereocenters. The molecule has 0 spiro atoms. The normalized spacial score (nSPS) is 17.4. The maximum Gasteiger partial charge on any atom is 0.431 e. The molecule has 2 fully saturated rings. The number of amides is 1. The lowest BCUT2D eigenvalue weighted by atomic mass is 9.95. The Kier molecular flexibility index (Phi) is 5.70. The van der Waals surface area contributed by atoms with Gasteiger partial charge >= 0.3 is 6.18 Å². The van der Waals surface area contributed by atoms with Gasteiger partial charge in [-0.1, -0.05) is 28.9 Å². The van der Waals surface area contributed by atoms with Crippen molar-refractivity contribution in [1.29, 1.82) is 0 Å². The summed E-state index contributed by atoms with van der Waals surface area (Å²) in [6.07, 6.45) is -2.11. The molecule has 1 aromatic carbocycles. The van der Waals surface area contributed by atoms with E-state index in [4.69, 9.17) is 16.1 Å². The molecular formula is C24H24ClF3N4O2. The van der Waals surface area contributed by atoms with Crippen LogP contribution in [0, 0.1) is 13.8 Å². The lowest BCUT2D eigenvalue weighted by Crippen LogP contribution is -2.39. The van der Waals surface area contributed by atoms with E-state index in [2.05, 4.69) is 10.1 Å². The van der Waals surface area contributed by atoms with Crippen LogP contribution in [0.3, 0.4) is 0 Å². The minimum Gasteiger partial charge on any atom is -0.339 e. The average molecular weight is 493 g/mol. The van der Waals surface area contributed by atoms with E-state index in [1.165, 1.54) is 11.5 Å². The van der Waals surface area contributed by atoms with E-state index in [0.29, 0.717) is 66.6 Å². The van der Waals surface area contributed by atoms with E-state index in [1.54, 1.807) is 36.1 Å². The zero-order chi connectivity index (χ0) is 24.2. The number of aromatic nitrogens is 3. The topological polar surface area (TPSA) is 64.2 Å². The summed E-state index contributed by atoms with van der Waals surface area (Å²) in [5.74, 6) is 0.751. The van der Waals surface area contributed by atoms with Gasteiger partial charge in [0.05, 0.1) is 0 Å². The Balaban J connectivity index is 1.55. The van der Waals surface area contributed by atoms with Crippen LogP contribution in [0.2, 0.25) is 5.02 Å². The first-order chi connectivity index (χ1) is 16.1. The number of rotatable bonds is 4. The number of aryl methyl sites for hydroxylation is 1. The first kappa shape index (κ1) is 23.0. The van der Waals surface area contributed by atoms with Crippen LogP contribution in [0.1, 0.15) is 71.1 Å². The third-order valence-corrected chi connectivity index (χ3v) is 6.89. The lowest BCUT2D eigenvalue weighted by molar-refractivity contribution is -0.144. The predicted octanol–water partition coefficient (Wildman–Crippen LogP) is 6.18. The Morgan fingerprint density at radius 3 is 2.26 bits per heavy atom. The Bertz CT molecular complexity index is 1220. The van der Waals surface area contributed by atoms with Crippen LogP contribution in [0.25, 0.3) is 11.1 Å². The van der Waals surface area contributed by atoms with Gasteiger partial charge in [0, 0.05) is 35.6 Å². The maximum atomic E-state index is 14.2. The summed E-state index contributed by atoms with van der Waals surface area (Å²) in [6, 6.07) is 6.27. The van der Waals surface area contributed by atoms with Gasteiger partial charge in [-0.2, -0.15) is 18.2 Å². The van der Waals surface area contributed by atoms with E-state index in [1.807, 2.05) is 0 Å². The van der Waals surface area contributed by atoms with Crippen LogP contribution in [-0.4, -0.2) is 38.6 Å². The molecule has 10 heteroatoms. The largest absolute Gasteiger partial charge is 0.431 e. The molecule has 5 rings (SSSR count). The Hall–Kier alpha value is -2.81. The Morgan fingerprint density at radius 1 is 1.09 bits per heavy atom. The second-order valence-corrected chi connectivity index (χ2v) is 9.49. The van der Waals surface area contributed by atoms with Gasteiger partial charge < -0.3 is 14.0 Å². The summed E-state index contributed by atoms with van der Waals surface area (Å²) in [5, 5.41) is 4.31. The maximum absolute atomic E-state index is 14.2. The van der Waals surface area contributed by atoms with Crippen molar-refractivity contribution in [3.63, 3.8) is 0 Å². The first-order valence-electron chi connectivity index (χ1n) is 11.3. The SMILES string of the molecule is Cc1noc(C2CCN(C(=O)c3c(-c4ccc(Cl)cc4)c(C)c(C(F)(F)F)n3C3CC3)CC2)n1. The fourth-order valence-corrected chi connectivity index (χ4v) is 5.02. The summed E-state index contributed by atoms with van der Waals surface area (Å²) in [6.45, 7) is 4.01. The monoisotopic (exact) mass is 492 g/mol. The van der Waals surface area contributed by atoms with Crippen LogP contribution in [0.5, 0.6) is 0 Å². The van der Waals surface area contributed by atoms with Crippen molar-refractivity contribution in [3.8, 4) is 11.1 Å². The number of nitrogens with zero attached hydrogens (tertiary/aromatic N) is 4. The third kappa shape index (κ3) is 4.10. The van der Waals surface area contributed by atoms with Crippen molar-refractivity contribution in [2.45, 2.75) is 57.7 Å². The zero-order valence-electron chi connectivity index (χ0n) is 18.8. The molecule has 0 N–H and O–H groups in total. The quantitative estimate of drug-likeness (QED) is 0.436. The van der Waals surface area contributed by atoms with Gasteiger partial charge in [-0.05, 0) is 62.8 Å². The second kappa shape index (κ2) is 8.45. The first-order valence-corrected chi connectivity index (χ1v) is 11.7. The molecule has 2 aliphatic rings. The summed E-state index contributed by atoms with van der Waals surface area (Å²) >= 11 is 6.02. The highest BCUT2D eigenvalue weighted by Gasteiger charge is 2.45. The van der Waals surface area contributed by atoms with Crippen LogP contribution >= 0.6 is 11.6 Å². The molecule has 1 saturated carbocycles. The molecule has 180 valence electrons. The minimum absolute atomic E-state index is 0.0312. The van der Waals surface area contributed by atoms with E-state index in [-0.39, 0.29) is 29.1 Å². The van der Waals surface area contributed by atoms with Gasteiger partial charge in [-0.25, -0.2) is 0 Å². The molecule has 1 amide bonds. The number of benzene rings is 1. The molecule has 1 aliphatic carbocycles. The van der Waals surface area contributed by atoms with Crippen LogP contribution in [0.4, 0.5) is 13.2 Å². The third-order valence-electron chi connectivity index (χ3n) is 6.64. The number of alkyl halides is 3. The van der Waals surface area contributed by atoms with Crippen LogP contribution in [0.15, 0.2) is 28.8 Å². The molecule has 0 bridgehead atoms. The fraction of sp³-hybridized carbons (Fsp3) is 0.458. The molecule has 3 aromatic rings. The molecule has 3 heterocycles. The summed E-state index contributed by atoms with van der Waals surface area (Å²) < 4.78 is 49.2. The summed E-state index contributed by atoms with van der Waals surface area (Å²) in [4.78, 5) is 19.7. The van der Waals surface area contributed by atoms with Gasteiger partial charge in [0.2, 0.25) is 5.89 Å². The summed E-state index contributed by atoms with van der Waals surface area (Å²) in [7, 11) is 0. The highest BCUT2D eigenvalue weighted by molar-refractivity contribution is 6.30. The van der Waals surface area contributed by atoms with Crippen molar-refractivity contribution in [1.82, 2.24) is 19.6 Å². The Labute approximate surface area is 199 Å². The summed E-state index contributed by atoms with van der Waals surface area (Å²) in [5.41, 5.74) is 0.324. The van der Waals surface area contributed by atoms with Crippen molar-refractivity contribution in [3.05, 3.63) is 58.0 Å². The van der Waals surface area contributed by atoms with Gasteiger partial charge in [0.1, 0.15) is 11.4 Å². The predicted molar refractivity (Wildman–Crippen MR) is 120 cm³/mol. The number of hydrogen-bond acceptors (Lipinski definition) is 4. The number of hydrogen-bond donors (Lipinski definition) is 0. The molecule has 1 aliphatic heterocycles. The molecule has 1 saturated heterocycles. The Morgan fingerprint density at radius 2 is 1.74 bits per heavy atom. The number of carbonyl (C=O) groups is 1. The van der Waals surface area contributed by atoms with E-state index >= 15 is 0 Å². The molecule has 0 radical (unpaired) electrons. The molecule has 34 heavy (non-hydrogen) atoms. The number of piperidine rings is 1. The van der Waals surface area contributed by atoms with E-state index in [9.17, 15) is 18.0 Å². The molecule has 6 nitrogen and oxygen atoms in total. The molecule has 2 aromatic heterocycles.